The number of nitrogens with one attached hydrogen (secondary N) is 1. The number of nitrogens with zero attached hydrogens (tertiary/aromatic N) is 3. The molecule has 1 aromatic heterocycles. The molecule has 0 aliphatic carbocycles. The van der Waals surface area contributed by atoms with Crippen molar-refractivity contribution < 1.29 is 24.2 Å². The van der Waals surface area contributed by atoms with Crippen molar-refractivity contribution in [1.29, 1.82) is 0 Å². The predicted molar refractivity (Wildman–Crippen MR) is 84.4 cm³/mol. The summed E-state index contributed by atoms with van der Waals surface area (Å²) >= 11 is 6.08. The first-order valence-corrected chi connectivity index (χ1v) is 7.22. The van der Waals surface area contributed by atoms with Crippen molar-refractivity contribution in [2.45, 2.75) is 6.54 Å². The molecule has 1 amide bonds. The van der Waals surface area contributed by atoms with Gasteiger partial charge in [-0.05, 0) is 12.1 Å². The van der Waals surface area contributed by atoms with Crippen LogP contribution in [0.5, 0.6) is 5.75 Å². The third-order valence-electron chi connectivity index (χ3n) is 2.84. The van der Waals surface area contributed by atoms with Gasteiger partial charge in [-0.15, -0.1) is 5.10 Å². The summed E-state index contributed by atoms with van der Waals surface area (Å²) in [5.41, 5.74) is 0.149. The second-order valence-electron chi connectivity index (χ2n) is 4.61. The first-order chi connectivity index (χ1) is 11.5. The molecule has 128 valence electrons. The minimum atomic E-state index is -1.22. The van der Waals surface area contributed by atoms with Crippen LogP contribution in [-0.2, 0) is 16.1 Å². The van der Waals surface area contributed by atoms with Crippen molar-refractivity contribution in [3.63, 3.8) is 0 Å². The Morgan fingerprint density at radius 3 is 2.83 bits per heavy atom. The summed E-state index contributed by atoms with van der Waals surface area (Å²) in [5.74, 6) is -1.32. The van der Waals surface area contributed by atoms with Crippen molar-refractivity contribution in [1.82, 2.24) is 15.0 Å². The number of carbonyl (C=O) groups excluding carboxylic acids is 1. The van der Waals surface area contributed by atoms with Crippen LogP contribution in [0.1, 0.15) is 10.5 Å². The summed E-state index contributed by atoms with van der Waals surface area (Å²) in [6.45, 7) is 0.438. The van der Waals surface area contributed by atoms with Gasteiger partial charge in [-0.1, -0.05) is 22.9 Å². The number of carboxylic acids is 1. The Kier molecular flexibility index (Phi) is 6.10. The summed E-state index contributed by atoms with van der Waals surface area (Å²) in [6, 6.07) is 4.94. The summed E-state index contributed by atoms with van der Waals surface area (Å²) in [5, 5.41) is 18.8. The third-order valence-corrected chi connectivity index (χ3v) is 3.14. The molecule has 1 aromatic carbocycles. The molecular weight excluding hydrogens is 340 g/mol. The maximum atomic E-state index is 12.1. The summed E-state index contributed by atoms with van der Waals surface area (Å²) in [4.78, 5) is 22.8. The molecule has 0 spiro atoms. The van der Waals surface area contributed by atoms with E-state index in [-0.39, 0.29) is 18.8 Å². The molecular formula is C14H15ClN4O5. The Morgan fingerprint density at radius 1 is 1.38 bits per heavy atom. The van der Waals surface area contributed by atoms with Crippen LogP contribution in [0.15, 0.2) is 24.4 Å². The number of rotatable bonds is 8. The number of hydrogen-bond donors (Lipinski definition) is 2. The average Bonchev–Trinajstić information content (AvgIpc) is 2.98. The topological polar surface area (TPSA) is 116 Å². The molecule has 0 saturated carbocycles. The van der Waals surface area contributed by atoms with E-state index in [0.29, 0.717) is 23.1 Å². The Balaban J connectivity index is 2.04. The number of ether oxygens (including phenoxy) is 2. The lowest BCUT2D eigenvalue weighted by atomic mass is 10.3. The first-order valence-electron chi connectivity index (χ1n) is 6.84. The van der Waals surface area contributed by atoms with E-state index in [1.54, 1.807) is 25.3 Å². The van der Waals surface area contributed by atoms with Gasteiger partial charge in [-0.2, -0.15) is 0 Å². The summed E-state index contributed by atoms with van der Waals surface area (Å²) < 4.78 is 11.5. The number of hydrogen-bond acceptors (Lipinski definition) is 6. The van der Waals surface area contributed by atoms with Gasteiger partial charge in [0, 0.05) is 7.11 Å². The quantitative estimate of drug-likeness (QED) is 0.686. The van der Waals surface area contributed by atoms with Crippen molar-refractivity contribution >= 4 is 29.2 Å². The molecule has 2 rings (SSSR count). The SMILES string of the molecule is COCCOc1c(Cl)cccc1NC(=O)Cn1cc(C(=O)O)nn1. The Hall–Kier alpha value is -2.65. The first kappa shape index (κ1) is 17.7. The van der Waals surface area contributed by atoms with Crippen LogP contribution >= 0.6 is 11.6 Å². The summed E-state index contributed by atoms with van der Waals surface area (Å²) in [6.07, 6.45) is 1.16. The fourth-order valence-electron chi connectivity index (χ4n) is 1.79. The maximum absolute atomic E-state index is 12.1. The fraction of sp³-hybridized carbons (Fsp3) is 0.286. The molecule has 0 unspecified atom stereocenters. The van der Waals surface area contributed by atoms with E-state index in [1.807, 2.05) is 0 Å². The van der Waals surface area contributed by atoms with E-state index in [0.717, 1.165) is 10.9 Å². The van der Waals surface area contributed by atoms with Crippen molar-refractivity contribution in [3.05, 3.63) is 35.1 Å². The van der Waals surface area contributed by atoms with Crippen molar-refractivity contribution in [3.8, 4) is 5.75 Å². The molecule has 0 radical (unpaired) electrons. The van der Waals surface area contributed by atoms with Crippen LogP contribution < -0.4 is 10.1 Å². The van der Waals surface area contributed by atoms with Gasteiger partial charge in [0.2, 0.25) is 5.91 Å². The normalized spacial score (nSPS) is 10.4. The van der Waals surface area contributed by atoms with E-state index in [9.17, 15) is 9.59 Å². The predicted octanol–water partition coefficient (Wildman–Crippen LogP) is 1.29. The van der Waals surface area contributed by atoms with Crippen LogP contribution in [0.2, 0.25) is 5.02 Å². The standard InChI is InChI=1S/C14H15ClN4O5/c1-23-5-6-24-13-9(15)3-2-4-10(13)16-12(20)8-19-7-11(14(21)22)17-18-19/h2-4,7H,5-6,8H2,1H3,(H,16,20)(H,21,22). The van der Waals surface area contributed by atoms with Gasteiger partial charge in [0.25, 0.3) is 0 Å². The van der Waals surface area contributed by atoms with Gasteiger partial charge in [0.05, 0.1) is 23.5 Å². The van der Waals surface area contributed by atoms with Gasteiger partial charge in [0.15, 0.2) is 11.4 Å². The highest BCUT2D eigenvalue weighted by Crippen LogP contribution is 2.32. The fourth-order valence-corrected chi connectivity index (χ4v) is 2.02. The molecule has 24 heavy (non-hydrogen) atoms. The number of aromatic nitrogens is 3. The Labute approximate surface area is 142 Å². The van der Waals surface area contributed by atoms with Gasteiger partial charge in [-0.25, -0.2) is 9.48 Å². The minimum Gasteiger partial charge on any atom is -0.487 e. The van der Waals surface area contributed by atoms with E-state index >= 15 is 0 Å². The Morgan fingerprint density at radius 2 is 2.17 bits per heavy atom. The molecule has 1 heterocycles. The highest BCUT2D eigenvalue weighted by molar-refractivity contribution is 6.32. The number of carboxylic acid groups (broad SMARTS) is 1. The molecule has 10 heteroatoms. The maximum Gasteiger partial charge on any atom is 0.358 e. The van der Waals surface area contributed by atoms with Crippen molar-refractivity contribution in [2.24, 2.45) is 0 Å². The van der Waals surface area contributed by atoms with Gasteiger partial charge >= 0.3 is 5.97 Å². The molecule has 2 aromatic rings. The number of methoxy groups -OCH3 is 1. The minimum absolute atomic E-state index is 0.204. The highest BCUT2D eigenvalue weighted by atomic mass is 35.5. The largest absolute Gasteiger partial charge is 0.487 e. The monoisotopic (exact) mass is 354 g/mol. The van der Waals surface area contributed by atoms with Crippen LogP contribution in [0.25, 0.3) is 0 Å². The van der Waals surface area contributed by atoms with Gasteiger partial charge in [0.1, 0.15) is 13.2 Å². The lowest BCUT2D eigenvalue weighted by molar-refractivity contribution is -0.116. The number of benzene rings is 1. The number of halogens is 1. The van der Waals surface area contributed by atoms with Gasteiger partial charge < -0.3 is 19.9 Å². The zero-order valence-electron chi connectivity index (χ0n) is 12.7. The highest BCUT2D eigenvalue weighted by Gasteiger charge is 2.14. The smallest absolute Gasteiger partial charge is 0.358 e. The third kappa shape index (κ3) is 4.67. The van der Waals surface area contributed by atoms with Crippen molar-refractivity contribution in [2.75, 3.05) is 25.6 Å². The molecule has 9 nitrogen and oxygen atoms in total. The Bertz CT molecular complexity index is 734. The van der Waals surface area contributed by atoms with E-state index < -0.39 is 11.9 Å². The van der Waals surface area contributed by atoms with E-state index in [2.05, 4.69) is 15.6 Å². The van der Waals surface area contributed by atoms with Crippen LogP contribution in [0, 0.1) is 0 Å². The van der Waals surface area contributed by atoms with Gasteiger partial charge in [-0.3, -0.25) is 4.79 Å². The number of carbonyl (C=O) groups is 2. The van der Waals surface area contributed by atoms with E-state index in [1.165, 1.54) is 0 Å². The average molecular weight is 355 g/mol. The second kappa shape index (κ2) is 8.27. The van der Waals surface area contributed by atoms with E-state index in [4.69, 9.17) is 26.2 Å². The van der Waals surface area contributed by atoms with Crippen LogP contribution in [0.4, 0.5) is 5.69 Å². The lowest BCUT2D eigenvalue weighted by Gasteiger charge is -2.13. The van der Waals surface area contributed by atoms with Crippen LogP contribution in [0.3, 0.4) is 0 Å². The number of aromatic carboxylic acids is 1. The second-order valence-corrected chi connectivity index (χ2v) is 5.02. The van der Waals surface area contributed by atoms with Crippen LogP contribution in [-0.4, -0.2) is 52.3 Å². The molecule has 0 aliphatic rings. The lowest BCUT2D eigenvalue weighted by Crippen LogP contribution is -2.20. The molecule has 0 fully saturated rings. The number of anilines is 1. The molecule has 0 atom stereocenters. The molecule has 0 aliphatic heterocycles. The molecule has 2 N–H and O–H groups in total. The molecule has 0 bridgehead atoms. The number of amides is 1. The zero-order chi connectivity index (χ0) is 17.5. The number of para-hydroxylation sites is 1. The zero-order valence-corrected chi connectivity index (χ0v) is 13.5. The summed E-state index contributed by atoms with van der Waals surface area (Å²) in [7, 11) is 1.54. The molecule has 0 saturated heterocycles.